The van der Waals surface area contributed by atoms with Gasteiger partial charge in [-0.1, -0.05) is 23.2 Å². The van der Waals surface area contributed by atoms with Crippen LogP contribution in [0.5, 0.6) is 11.5 Å². The number of nitrogens with zero attached hydrogens (tertiary/aromatic N) is 3. The second kappa shape index (κ2) is 10.0. The molecule has 2 heterocycles. The summed E-state index contributed by atoms with van der Waals surface area (Å²) in [7, 11) is 0. The predicted molar refractivity (Wildman–Crippen MR) is 128 cm³/mol. The van der Waals surface area contributed by atoms with Crippen LogP contribution >= 0.6 is 23.2 Å². The van der Waals surface area contributed by atoms with Gasteiger partial charge >= 0.3 is 0 Å². The van der Waals surface area contributed by atoms with E-state index in [1.54, 1.807) is 16.8 Å². The van der Waals surface area contributed by atoms with Gasteiger partial charge in [-0.2, -0.15) is 5.10 Å². The van der Waals surface area contributed by atoms with Crippen LogP contribution in [-0.2, 0) is 17.8 Å². The van der Waals surface area contributed by atoms with Crippen molar-refractivity contribution in [3.8, 4) is 22.9 Å². The van der Waals surface area contributed by atoms with E-state index < -0.39 is 0 Å². The Hall–Kier alpha value is -2.77. The number of hydrogen-bond donors (Lipinski definition) is 1. The number of fused-ring (bicyclic) bond motifs is 1. The minimum Gasteiger partial charge on any atom is -0.493 e. The molecule has 9 heteroatoms. The van der Waals surface area contributed by atoms with Crippen LogP contribution in [0.1, 0.15) is 44.6 Å². The fourth-order valence-electron chi connectivity index (χ4n) is 3.77. The van der Waals surface area contributed by atoms with E-state index in [0.29, 0.717) is 47.0 Å². The topological polar surface area (TPSA) is 78.3 Å². The Morgan fingerprint density at radius 2 is 2.09 bits per heavy atom. The first kappa shape index (κ1) is 23.4. The molecule has 0 spiro atoms. The Labute approximate surface area is 203 Å². The van der Waals surface area contributed by atoms with Gasteiger partial charge < -0.3 is 14.8 Å². The summed E-state index contributed by atoms with van der Waals surface area (Å²) in [5, 5.41) is 8.81. The highest BCUT2D eigenvalue weighted by Crippen LogP contribution is 2.34. The number of hydrogen-bond acceptors (Lipinski definition) is 5. The van der Waals surface area contributed by atoms with Crippen LogP contribution in [0.25, 0.3) is 11.4 Å². The van der Waals surface area contributed by atoms with Crippen molar-refractivity contribution in [2.45, 2.75) is 52.3 Å². The number of aryl methyl sites for hydroxylation is 1. The van der Waals surface area contributed by atoms with E-state index in [0.717, 1.165) is 16.9 Å². The minimum absolute atomic E-state index is 0.0108. The fraction of sp³-hybridized carbons (Fsp3) is 0.375. The van der Waals surface area contributed by atoms with Gasteiger partial charge in [-0.15, -0.1) is 0 Å². The van der Waals surface area contributed by atoms with Gasteiger partial charge in [-0.25, -0.2) is 9.67 Å². The number of rotatable bonds is 7. The minimum atomic E-state index is -0.163. The highest BCUT2D eigenvalue weighted by Gasteiger charge is 2.24. The van der Waals surface area contributed by atoms with Crippen molar-refractivity contribution < 1.29 is 14.3 Å². The second-order valence-electron chi connectivity index (χ2n) is 8.10. The van der Waals surface area contributed by atoms with E-state index in [1.165, 1.54) is 0 Å². The largest absolute Gasteiger partial charge is 0.493 e. The highest BCUT2D eigenvalue weighted by atomic mass is 35.5. The lowest BCUT2D eigenvalue weighted by Crippen LogP contribution is -2.33. The molecule has 33 heavy (non-hydrogen) atoms. The molecule has 0 unspecified atom stereocenters. The Bertz CT molecular complexity index is 1160. The highest BCUT2D eigenvalue weighted by molar-refractivity contribution is 6.32. The monoisotopic (exact) mass is 488 g/mol. The van der Waals surface area contributed by atoms with Gasteiger partial charge in [0.15, 0.2) is 5.82 Å². The van der Waals surface area contributed by atoms with Crippen molar-refractivity contribution >= 4 is 29.1 Å². The summed E-state index contributed by atoms with van der Waals surface area (Å²) in [6.07, 6.45) is 0.772. The molecule has 1 aromatic heterocycles. The molecular weight excluding hydrogens is 463 g/mol. The Morgan fingerprint density at radius 3 is 2.85 bits per heavy atom. The first-order chi connectivity index (χ1) is 15.8. The third kappa shape index (κ3) is 5.42. The first-order valence-electron chi connectivity index (χ1n) is 11.0. The van der Waals surface area contributed by atoms with Gasteiger partial charge in [0, 0.05) is 29.1 Å². The number of nitrogens with one attached hydrogen (secondary N) is 1. The van der Waals surface area contributed by atoms with Crippen molar-refractivity contribution in [2.24, 2.45) is 0 Å². The molecule has 3 aromatic rings. The predicted octanol–water partition coefficient (Wildman–Crippen LogP) is 5.24. The van der Waals surface area contributed by atoms with Gasteiger partial charge in [0.05, 0.1) is 30.2 Å². The summed E-state index contributed by atoms with van der Waals surface area (Å²) in [4.78, 5) is 17.5. The van der Waals surface area contributed by atoms with Crippen molar-refractivity contribution in [1.82, 2.24) is 20.1 Å². The number of halogens is 2. The average Bonchev–Trinajstić information content (AvgIpc) is 3.18. The lowest BCUT2D eigenvalue weighted by atomic mass is 10.0. The fourth-order valence-corrected chi connectivity index (χ4v) is 4.11. The normalized spacial score (nSPS) is 15.2. The SMILES string of the molecule is CCn1nc(-c2ccc(Cl)c(OC(C)C)c2)nc1CC(=O)N[C@H]1CCOc2ccc(Cl)cc21. The summed E-state index contributed by atoms with van der Waals surface area (Å²) in [5.41, 5.74) is 1.66. The number of carbonyl (C=O) groups excluding carboxylic acids is 1. The van der Waals surface area contributed by atoms with E-state index in [2.05, 4.69) is 15.4 Å². The molecule has 1 atom stereocenters. The third-order valence-electron chi connectivity index (χ3n) is 5.27. The summed E-state index contributed by atoms with van der Waals surface area (Å²) < 4.78 is 13.2. The van der Waals surface area contributed by atoms with Crippen molar-refractivity contribution in [2.75, 3.05) is 6.61 Å². The molecule has 0 saturated carbocycles. The van der Waals surface area contributed by atoms with Crippen LogP contribution in [0.4, 0.5) is 0 Å². The molecule has 1 aliphatic heterocycles. The molecule has 0 radical (unpaired) electrons. The summed E-state index contributed by atoms with van der Waals surface area (Å²) >= 11 is 12.4. The number of carbonyl (C=O) groups is 1. The molecule has 7 nitrogen and oxygen atoms in total. The summed E-state index contributed by atoms with van der Waals surface area (Å²) in [5.74, 6) is 2.30. The maximum atomic E-state index is 12.9. The zero-order valence-corrected chi connectivity index (χ0v) is 20.3. The smallest absolute Gasteiger partial charge is 0.228 e. The molecule has 2 aromatic carbocycles. The maximum Gasteiger partial charge on any atom is 0.228 e. The molecule has 0 aliphatic carbocycles. The van der Waals surface area contributed by atoms with Gasteiger partial charge in [0.1, 0.15) is 17.3 Å². The lowest BCUT2D eigenvalue weighted by molar-refractivity contribution is -0.121. The summed E-state index contributed by atoms with van der Waals surface area (Å²) in [6, 6.07) is 10.7. The Balaban J connectivity index is 1.52. The molecule has 0 bridgehead atoms. The van der Waals surface area contributed by atoms with Crippen molar-refractivity contribution in [3.05, 3.63) is 57.8 Å². The van der Waals surface area contributed by atoms with Gasteiger partial charge in [0.25, 0.3) is 0 Å². The number of benzene rings is 2. The molecule has 4 rings (SSSR count). The van der Waals surface area contributed by atoms with E-state index in [-0.39, 0.29) is 24.5 Å². The first-order valence-corrected chi connectivity index (χ1v) is 11.7. The summed E-state index contributed by atoms with van der Waals surface area (Å²) in [6.45, 7) is 6.97. The number of amides is 1. The van der Waals surface area contributed by atoms with E-state index in [4.69, 9.17) is 32.7 Å². The van der Waals surface area contributed by atoms with E-state index >= 15 is 0 Å². The van der Waals surface area contributed by atoms with Crippen LogP contribution < -0.4 is 14.8 Å². The third-order valence-corrected chi connectivity index (χ3v) is 5.81. The maximum absolute atomic E-state index is 12.9. The Morgan fingerprint density at radius 1 is 1.27 bits per heavy atom. The molecule has 1 N–H and O–H groups in total. The second-order valence-corrected chi connectivity index (χ2v) is 8.94. The average molecular weight is 489 g/mol. The lowest BCUT2D eigenvalue weighted by Gasteiger charge is -2.26. The molecule has 0 saturated heterocycles. The quantitative estimate of drug-likeness (QED) is 0.491. The van der Waals surface area contributed by atoms with E-state index in [1.807, 2.05) is 45.0 Å². The molecule has 1 aliphatic rings. The number of aromatic nitrogens is 3. The zero-order valence-electron chi connectivity index (χ0n) is 18.8. The van der Waals surface area contributed by atoms with Crippen molar-refractivity contribution in [1.29, 1.82) is 0 Å². The van der Waals surface area contributed by atoms with Crippen LogP contribution in [0, 0.1) is 0 Å². The van der Waals surface area contributed by atoms with Crippen LogP contribution in [-0.4, -0.2) is 33.4 Å². The zero-order chi connectivity index (χ0) is 23.5. The van der Waals surface area contributed by atoms with Gasteiger partial charge in [-0.3, -0.25) is 4.79 Å². The molecular formula is C24H26Cl2N4O3. The Kier molecular flexibility index (Phi) is 7.10. The molecule has 1 amide bonds. The van der Waals surface area contributed by atoms with Crippen LogP contribution in [0.3, 0.4) is 0 Å². The van der Waals surface area contributed by atoms with E-state index in [9.17, 15) is 4.79 Å². The molecule has 174 valence electrons. The number of ether oxygens (including phenoxy) is 2. The molecule has 0 fully saturated rings. The standard InChI is InChI=1S/C24H26Cl2N4O3/c1-4-30-22(28-24(29-30)15-5-7-18(26)21(11-15)33-14(2)3)13-23(31)27-19-9-10-32-20-8-6-16(25)12-17(19)20/h5-8,11-12,14,19H,4,9-10,13H2,1-3H3,(H,27,31)/t19-/m0/s1. The van der Waals surface area contributed by atoms with Gasteiger partial charge in [-0.05, 0) is 57.2 Å². The van der Waals surface area contributed by atoms with Crippen molar-refractivity contribution in [3.63, 3.8) is 0 Å². The van der Waals surface area contributed by atoms with Gasteiger partial charge in [0.2, 0.25) is 5.91 Å². The van der Waals surface area contributed by atoms with Crippen LogP contribution in [0.15, 0.2) is 36.4 Å². The van der Waals surface area contributed by atoms with Crippen LogP contribution in [0.2, 0.25) is 10.0 Å².